The Hall–Kier alpha value is -6.99. The molecule has 68 heavy (non-hydrogen) atoms. The summed E-state index contributed by atoms with van der Waals surface area (Å²) in [6, 6.07) is 37.2. The number of H-pyrrole nitrogens is 2. The molecule has 0 spiro atoms. The highest BCUT2D eigenvalue weighted by atomic mass is 28.2. The molecule has 0 saturated heterocycles. The quantitative estimate of drug-likeness (QED) is 0.0868. The summed E-state index contributed by atoms with van der Waals surface area (Å²) in [5, 5.41) is 16.7. The van der Waals surface area contributed by atoms with E-state index in [4.69, 9.17) is 19.0 Å². The van der Waals surface area contributed by atoms with E-state index >= 15 is 0 Å². The number of aromatic amines is 2. The number of nitrogens with one attached hydrogen (secondary N) is 4. The van der Waals surface area contributed by atoms with Crippen LogP contribution in [-0.2, 0) is 20.1 Å². The van der Waals surface area contributed by atoms with E-state index in [0.29, 0.717) is 11.9 Å². The van der Waals surface area contributed by atoms with E-state index < -0.39 is 19.5 Å². The second-order valence-electron chi connectivity index (χ2n) is 20.7. The van der Waals surface area contributed by atoms with Gasteiger partial charge < -0.3 is 29.5 Å². The molecule has 4 aromatic carbocycles. The highest BCUT2D eigenvalue weighted by Crippen LogP contribution is 2.34. The summed E-state index contributed by atoms with van der Waals surface area (Å²) >= 11 is 0. The second-order valence-corrected chi connectivity index (χ2v) is 26.1. The third-order valence-corrected chi connectivity index (χ3v) is 15.1. The minimum absolute atomic E-state index is 0.245. The van der Waals surface area contributed by atoms with Crippen LogP contribution in [0.15, 0.2) is 134 Å². The summed E-state index contributed by atoms with van der Waals surface area (Å²) < 4.78 is 16.7. The standard InChI is InChI=1S/2C26H30N6OSi/c2*1-25(2,3)34-33-26(4,5)18-8-6-7-17(13-18)23-12-10-20-15-27-24(31-32(20)23)30-19-9-11-21-22(14-19)29-16-28-21/h2*6-16H,34H2,1-5H3,(H,28,29)(H,30,31). The van der Waals surface area contributed by atoms with E-state index in [0.717, 1.165) is 78.1 Å². The van der Waals surface area contributed by atoms with E-state index in [2.05, 4.69) is 170 Å². The molecular formula is C52H60N12O2Si2. The SMILES string of the molecule is CC(C)(C)[SiH2]OC(C)(C)c1cccc(-c2ccc3cnc(Nc4ccc5nc[nH]c5c4)nn23)c1.CC(C)(C)[SiH2]OC(C)(C)c1cccc(-c2ccc3cnc(Nc4ccc5nc[nH]c5c4)nn23)c1. The Morgan fingerprint density at radius 2 is 0.912 bits per heavy atom. The average Bonchev–Trinajstić information content (AvgIpc) is 4.14. The topological polar surface area (TPSA) is 160 Å². The first-order valence-corrected chi connectivity index (χ1v) is 25.5. The number of anilines is 4. The third-order valence-electron chi connectivity index (χ3n) is 11.6. The van der Waals surface area contributed by atoms with Gasteiger partial charge >= 0.3 is 0 Å². The third kappa shape index (κ3) is 10.6. The summed E-state index contributed by atoms with van der Waals surface area (Å²) in [5.74, 6) is 1.06. The van der Waals surface area contributed by atoms with Crippen LogP contribution >= 0.6 is 0 Å². The predicted octanol–water partition coefficient (Wildman–Crippen LogP) is 11.1. The molecule has 0 aliphatic heterocycles. The van der Waals surface area contributed by atoms with Gasteiger partial charge in [-0.25, -0.2) is 29.0 Å². The number of aromatic nitrogens is 10. The smallest absolute Gasteiger partial charge is 0.245 e. The van der Waals surface area contributed by atoms with Gasteiger partial charge in [0, 0.05) is 22.5 Å². The minimum atomic E-state index is -0.681. The molecule has 6 aromatic heterocycles. The molecule has 0 atom stereocenters. The van der Waals surface area contributed by atoms with Gasteiger partial charge in [0.05, 0.1) is 80.7 Å². The van der Waals surface area contributed by atoms with Crippen LogP contribution in [0.1, 0.15) is 80.4 Å². The first kappa shape index (κ1) is 46.1. The lowest BCUT2D eigenvalue weighted by Gasteiger charge is -2.30. The van der Waals surface area contributed by atoms with Crippen molar-refractivity contribution in [1.29, 1.82) is 0 Å². The lowest BCUT2D eigenvalue weighted by Crippen LogP contribution is -2.27. The highest BCUT2D eigenvalue weighted by Gasteiger charge is 2.27. The molecule has 16 heteroatoms. The molecular weight excluding hydrogens is 881 g/mol. The van der Waals surface area contributed by atoms with Crippen LogP contribution in [0.5, 0.6) is 0 Å². The van der Waals surface area contributed by atoms with Gasteiger partial charge in [-0.2, -0.15) is 0 Å². The zero-order valence-electron chi connectivity index (χ0n) is 40.5. The van der Waals surface area contributed by atoms with Gasteiger partial charge in [-0.1, -0.05) is 77.9 Å². The Balaban J connectivity index is 0.000000170. The van der Waals surface area contributed by atoms with Gasteiger partial charge in [-0.3, -0.25) is 0 Å². The molecule has 4 N–H and O–H groups in total. The van der Waals surface area contributed by atoms with E-state index in [1.807, 2.05) is 70.0 Å². The van der Waals surface area contributed by atoms with Gasteiger partial charge in [-0.15, -0.1) is 10.2 Å². The van der Waals surface area contributed by atoms with Crippen LogP contribution in [-0.4, -0.2) is 68.7 Å². The van der Waals surface area contributed by atoms with E-state index in [1.165, 1.54) is 0 Å². The van der Waals surface area contributed by atoms with Crippen molar-refractivity contribution < 1.29 is 8.85 Å². The van der Waals surface area contributed by atoms with Gasteiger partial charge in [0.25, 0.3) is 0 Å². The first-order chi connectivity index (χ1) is 32.4. The van der Waals surface area contributed by atoms with Crippen LogP contribution in [0.4, 0.5) is 23.3 Å². The fourth-order valence-electron chi connectivity index (χ4n) is 7.71. The molecule has 10 rings (SSSR count). The number of nitrogens with zero attached hydrogens (tertiary/aromatic N) is 8. The van der Waals surface area contributed by atoms with Crippen molar-refractivity contribution in [3.05, 3.63) is 145 Å². The maximum Gasteiger partial charge on any atom is 0.245 e. The summed E-state index contributed by atoms with van der Waals surface area (Å²) in [4.78, 5) is 23.8. The fourth-order valence-corrected chi connectivity index (χ4v) is 9.63. The maximum atomic E-state index is 6.44. The number of fused-ring (bicyclic) bond motifs is 4. The Morgan fingerprint density at radius 1 is 0.485 bits per heavy atom. The molecule has 0 unspecified atom stereocenters. The van der Waals surface area contributed by atoms with Crippen LogP contribution in [0.3, 0.4) is 0 Å². The Kier molecular flexibility index (Phi) is 12.4. The lowest BCUT2D eigenvalue weighted by molar-refractivity contribution is 0.109. The summed E-state index contributed by atoms with van der Waals surface area (Å²) in [7, 11) is -1.36. The van der Waals surface area contributed by atoms with Crippen molar-refractivity contribution in [2.75, 3.05) is 10.6 Å². The lowest BCUT2D eigenvalue weighted by atomic mass is 9.96. The Morgan fingerprint density at radius 3 is 1.32 bits per heavy atom. The van der Waals surface area contributed by atoms with E-state index in [9.17, 15) is 0 Å². The minimum Gasteiger partial charge on any atom is -0.415 e. The monoisotopic (exact) mass is 940 g/mol. The van der Waals surface area contributed by atoms with Crippen molar-refractivity contribution in [3.8, 4) is 22.5 Å². The number of hydrogen-bond donors (Lipinski definition) is 4. The first-order valence-electron chi connectivity index (χ1n) is 23.0. The summed E-state index contributed by atoms with van der Waals surface area (Å²) in [6.45, 7) is 22.1. The molecule has 0 fully saturated rings. The average molecular weight is 941 g/mol. The number of benzene rings is 4. The fraction of sp³-hybridized carbons (Fsp3) is 0.269. The molecule has 0 amide bonds. The van der Waals surface area contributed by atoms with E-state index in [1.54, 1.807) is 12.7 Å². The van der Waals surface area contributed by atoms with E-state index in [-0.39, 0.29) is 21.3 Å². The van der Waals surface area contributed by atoms with Crippen molar-refractivity contribution in [3.63, 3.8) is 0 Å². The molecule has 0 radical (unpaired) electrons. The van der Waals surface area contributed by atoms with Crippen molar-refractivity contribution in [2.24, 2.45) is 0 Å². The van der Waals surface area contributed by atoms with Crippen LogP contribution in [0.25, 0.3) is 55.6 Å². The van der Waals surface area contributed by atoms with Crippen LogP contribution in [0.2, 0.25) is 10.1 Å². The zero-order chi connectivity index (χ0) is 47.8. The molecule has 348 valence electrons. The number of rotatable bonds is 12. The maximum absolute atomic E-state index is 6.44. The Bertz CT molecular complexity index is 3150. The van der Waals surface area contributed by atoms with Gasteiger partial charge in [0.1, 0.15) is 0 Å². The van der Waals surface area contributed by atoms with Crippen molar-refractivity contribution in [2.45, 2.75) is 90.5 Å². The Labute approximate surface area is 401 Å². The predicted molar refractivity (Wildman–Crippen MR) is 280 cm³/mol. The molecule has 14 nitrogen and oxygen atoms in total. The van der Waals surface area contributed by atoms with Gasteiger partial charge in [0.2, 0.25) is 11.9 Å². The second kappa shape index (κ2) is 18.3. The summed E-state index contributed by atoms with van der Waals surface area (Å²) in [5.41, 5.74) is 13.3. The molecule has 0 aliphatic carbocycles. The van der Waals surface area contributed by atoms with Gasteiger partial charge in [0.15, 0.2) is 19.5 Å². The van der Waals surface area contributed by atoms with Gasteiger partial charge in [-0.05, 0) is 122 Å². The molecule has 6 heterocycles. The van der Waals surface area contributed by atoms with Crippen molar-refractivity contribution >= 4 is 75.9 Å². The molecule has 0 aliphatic rings. The normalized spacial score (nSPS) is 12.9. The summed E-state index contributed by atoms with van der Waals surface area (Å²) in [6.07, 6.45) is 7.04. The largest absolute Gasteiger partial charge is 0.415 e. The van der Waals surface area contributed by atoms with Crippen LogP contribution < -0.4 is 10.6 Å². The highest BCUT2D eigenvalue weighted by molar-refractivity contribution is 6.32. The number of imidazole rings is 2. The molecule has 0 bridgehead atoms. The molecule has 0 saturated carbocycles. The van der Waals surface area contributed by atoms with Crippen molar-refractivity contribution in [1.82, 2.24) is 49.1 Å². The zero-order valence-corrected chi connectivity index (χ0v) is 43.3. The van der Waals surface area contributed by atoms with Crippen LogP contribution in [0, 0.1) is 0 Å². The molecule has 10 aromatic rings. The number of hydrogen-bond acceptors (Lipinski definition) is 10.